The topological polar surface area (TPSA) is 73.2 Å². The lowest BCUT2D eigenvalue weighted by Crippen LogP contribution is -2.24. The quantitative estimate of drug-likeness (QED) is 0.538. The fourth-order valence-corrected chi connectivity index (χ4v) is 3.86. The van der Waals surface area contributed by atoms with Gasteiger partial charge in [0.15, 0.2) is 6.61 Å². The molecule has 0 fully saturated rings. The van der Waals surface area contributed by atoms with Crippen LogP contribution >= 0.6 is 11.8 Å². The van der Waals surface area contributed by atoms with Crippen LogP contribution in [-0.2, 0) is 26.6 Å². The van der Waals surface area contributed by atoms with Gasteiger partial charge in [0.05, 0.1) is 16.8 Å². The van der Waals surface area contributed by atoms with E-state index in [2.05, 4.69) is 24.1 Å². The molecule has 30 heavy (non-hydrogen) atoms. The number of hydrogen-bond acceptors (Lipinski definition) is 5. The number of nitrogens with zero attached hydrogens (tertiary/aromatic N) is 2. The Bertz CT molecular complexity index is 1060. The molecule has 1 aromatic heterocycles. The third-order valence-electron chi connectivity index (χ3n) is 4.85. The van der Waals surface area contributed by atoms with Crippen molar-refractivity contribution < 1.29 is 14.3 Å². The summed E-state index contributed by atoms with van der Waals surface area (Å²) in [6, 6.07) is 13.6. The molecule has 6 nitrogen and oxygen atoms in total. The maximum absolute atomic E-state index is 12.5. The molecule has 0 saturated carbocycles. The maximum Gasteiger partial charge on any atom is 0.326 e. The van der Waals surface area contributed by atoms with Crippen molar-refractivity contribution in [3.63, 3.8) is 0 Å². The van der Waals surface area contributed by atoms with Crippen LogP contribution in [0.15, 0.2) is 42.5 Å². The van der Waals surface area contributed by atoms with E-state index in [1.54, 1.807) is 11.8 Å². The van der Waals surface area contributed by atoms with E-state index in [9.17, 15) is 9.59 Å². The number of fused-ring (bicyclic) bond motifs is 1. The van der Waals surface area contributed by atoms with Crippen molar-refractivity contribution in [2.75, 3.05) is 18.2 Å². The van der Waals surface area contributed by atoms with Crippen molar-refractivity contribution in [1.82, 2.24) is 9.55 Å². The van der Waals surface area contributed by atoms with Gasteiger partial charge in [-0.25, -0.2) is 4.98 Å². The molecule has 1 heterocycles. The van der Waals surface area contributed by atoms with Crippen LogP contribution in [0.5, 0.6) is 0 Å². The number of hydrogen-bond donors (Lipinski definition) is 1. The van der Waals surface area contributed by atoms with Crippen LogP contribution in [0.2, 0.25) is 0 Å². The molecule has 1 amide bonds. The average molecular weight is 426 g/mol. The number of aryl methyl sites for hydroxylation is 1. The van der Waals surface area contributed by atoms with Crippen LogP contribution in [0.4, 0.5) is 5.69 Å². The Morgan fingerprint density at radius 3 is 2.67 bits per heavy atom. The number of aromatic nitrogens is 2. The highest BCUT2D eigenvalue weighted by Crippen LogP contribution is 2.27. The van der Waals surface area contributed by atoms with Crippen LogP contribution in [0.25, 0.3) is 11.0 Å². The second-order valence-corrected chi connectivity index (χ2v) is 8.30. The molecule has 0 unspecified atom stereocenters. The van der Waals surface area contributed by atoms with Crippen molar-refractivity contribution in [2.45, 2.75) is 39.0 Å². The number of anilines is 1. The number of carbonyl (C=O) groups is 2. The van der Waals surface area contributed by atoms with Crippen LogP contribution in [0, 0.1) is 6.92 Å². The molecule has 1 N–H and O–H groups in total. The minimum Gasteiger partial charge on any atom is -0.454 e. The standard InChI is InChI=1S/C23H27N3O3S/c1-15(2)17-9-7-8-16(3)23(17)25-21(27)13-29-22(28)12-26-19-11-6-5-10-18(19)24-20(26)14-30-4/h5-11,15H,12-14H2,1-4H3,(H,25,27). The molecule has 7 heteroatoms. The number of benzene rings is 2. The van der Waals surface area contributed by atoms with Gasteiger partial charge >= 0.3 is 5.97 Å². The van der Waals surface area contributed by atoms with Crippen LogP contribution in [0.3, 0.4) is 0 Å². The van der Waals surface area contributed by atoms with Gasteiger partial charge in [-0.3, -0.25) is 9.59 Å². The van der Waals surface area contributed by atoms with Gasteiger partial charge in [0.1, 0.15) is 12.4 Å². The smallest absolute Gasteiger partial charge is 0.326 e. The highest BCUT2D eigenvalue weighted by molar-refractivity contribution is 7.97. The highest BCUT2D eigenvalue weighted by Gasteiger charge is 2.16. The van der Waals surface area contributed by atoms with Crippen molar-refractivity contribution in [3.8, 4) is 0 Å². The fourth-order valence-electron chi connectivity index (χ4n) is 3.38. The molecule has 3 aromatic rings. The zero-order valence-electron chi connectivity index (χ0n) is 17.8. The lowest BCUT2D eigenvalue weighted by molar-refractivity contribution is -0.147. The average Bonchev–Trinajstić information content (AvgIpc) is 3.05. The van der Waals surface area contributed by atoms with Gasteiger partial charge < -0.3 is 14.6 Å². The van der Waals surface area contributed by atoms with Gasteiger partial charge in [0.25, 0.3) is 5.91 Å². The fraction of sp³-hybridized carbons (Fsp3) is 0.348. The molecule has 0 aliphatic carbocycles. The Morgan fingerprint density at radius 1 is 1.17 bits per heavy atom. The molecule has 2 aromatic carbocycles. The molecule has 0 atom stereocenters. The number of ether oxygens (including phenoxy) is 1. The first-order valence-corrected chi connectivity index (χ1v) is 11.3. The third-order valence-corrected chi connectivity index (χ3v) is 5.40. The van der Waals surface area contributed by atoms with E-state index in [1.165, 1.54) is 0 Å². The van der Waals surface area contributed by atoms with Gasteiger partial charge in [-0.05, 0) is 42.4 Å². The number of thioether (sulfide) groups is 1. The molecule has 0 aliphatic heterocycles. The number of amides is 1. The van der Waals surface area contributed by atoms with E-state index < -0.39 is 5.97 Å². The Balaban J connectivity index is 1.65. The summed E-state index contributed by atoms with van der Waals surface area (Å²) in [5, 5.41) is 2.90. The molecule has 158 valence electrons. The van der Waals surface area contributed by atoms with Crippen LogP contribution in [-0.4, -0.2) is 34.3 Å². The van der Waals surface area contributed by atoms with Gasteiger partial charge in [-0.1, -0.05) is 44.2 Å². The number of carbonyl (C=O) groups excluding carboxylic acids is 2. The molecule has 0 spiro atoms. The summed E-state index contributed by atoms with van der Waals surface area (Å²) in [7, 11) is 0. The highest BCUT2D eigenvalue weighted by atomic mass is 32.2. The summed E-state index contributed by atoms with van der Waals surface area (Å²) in [5.41, 5.74) is 4.54. The lowest BCUT2D eigenvalue weighted by Gasteiger charge is -2.16. The molecule has 0 saturated heterocycles. The van der Waals surface area contributed by atoms with Gasteiger partial charge in [0.2, 0.25) is 0 Å². The largest absolute Gasteiger partial charge is 0.454 e. The summed E-state index contributed by atoms with van der Waals surface area (Å²) in [6.07, 6.45) is 1.99. The minimum absolute atomic E-state index is 0.0191. The Kier molecular flexibility index (Phi) is 7.15. The summed E-state index contributed by atoms with van der Waals surface area (Å²) in [6.45, 7) is 5.80. The van der Waals surface area contributed by atoms with Crippen molar-refractivity contribution in [3.05, 3.63) is 59.4 Å². The molecular formula is C23H27N3O3S. The number of para-hydroxylation sites is 3. The molecule has 3 rings (SSSR count). The zero-order valence-corrected chi connectivity index (χ0v) is 18.6. The van der Waals surface area contributed by atoms with Crippen LogP contribution in [0.1, 0.15) is 36.7 Å². The predicted octanol–water partition coefficient (Wildman–Crippen LogP) is 4.51. The normalized spacial score (nSPS) is 11.1. The maximum atomic E-state index is 12.5. The monoisotopic (exact) mass is 425 g/mol. The van der Waals surface area contributed by atoms with E-state index >= 15 is 0 Å². The first-order chi connectivity index (χ1) is 14.4. The van der Waals surface area contributed by atoms with E-state index in [0.717, 1.165) is 33.7 Å². The van der Waals surface area contributed by atoms with Crippen molar-refractivity contribution in [2.24, 2.45) is 0 Å². The van der Waals surface area contributed by atoms with Crippen molar-refractivity contribution in [1.29, 1.82) is 0 Å². The Labute approximate surface area is 181 Å². The van der Waals surface area contributed by atoms with Gasteiger partial charge in [-0.2, -0.15) is 11.8 Å². The second kappa shape index (κ2) is 9.80. The number of esters is 1. The molecular weight excluding hydrogens is 398 g/mol. The van der Waals surface area contributed by atoms with Gasteiger partial charge in [0, 0.05) is 5.69 Å². The zero-order chi connectivity index (χ0) is 21.7. The first-order valence-electron chi connectivity index (χ1n) is 9.88. The first kappa shape index (κ1) is 21.9. The molecule has 0 radical (unpaired) electrons. The van der Waals surface area contributed by atoms with E-state index in [1.807, 2.05) is 60.2 Å². The molecule has 0 aliphatic rings. The summed E-state index contributed by atoms with van der Waals surface area (Å²) < 4.78 is 7.12. The number of nitrogens with one attached hydrogen (secondary N) is 1. The van der Waals surface area contributed by atoms with E-state index in [4.69, 9.17) is 4.74 Å². The van der Waals surface area contributed by atoms with E-state index in [0.29, 0.717) is 5.75 Å². The van der Waals surface area contributed by atoms with Crippen LogP contribution < -0.4 is 5.32 Å². The van der Waals surface area contributed by atoms with E-state index in [-0.39, 0.29) is 25.0 Å². The minimum atomic E-state index is -0.468. The summed E-state index contributed by atoms with van der Waals surface area (Å²) in [4.78, 5) is 29.5. The number of rotatable bonds is 8. The molecule has 0 bridgehead atoms. The Morgan fingerprint density at radius 2 is 1.93 bits per heavy atom. The second-order valence-electron chi connectivity index (χ2n) is 7.44. The SMILES string of the molecule is CSCc1nc2ccccc2n1CC(=O)OCC(=O)Nc1c(C)cccc1C(C)C. The number of imidazole rings is 1. The predicted molar refractivity (Wildman–Crippen MR) is 122 cm³/mol. The Hall–Kier alpha value is -2.80. The third kappa shape index (κ3) is 5.02. The summed E-state index contributed by atoms with van der Waals surface area (Å²) >= 11 is 1.64. The van der Waals surface area contributed by atoms with Crippen molar-refractivity contribution >= 4 is 40.4 Å². The van der Waals surface area contributed by atoms with Gasteiger partial charge in [-0.15, -0.1) is 0 Å². The lowest BCUT2D eigenvalue weighted by atomic mass is 9.98. The summed E-state index contributed by atoms with van der Waals surface area (Å²) in [5.74, 6) is 0.955.